The van der Waals surface area contributed by atoms with E-state index >= 15 is 0 Å². The molecule has 0 atom stereocenters. The molecule has 1 aromatic carbocycles. The number of rotatable bonds is 4. The lowest BCUT2D eigenvalue weighted by Gasteiger charge is -2.08. The molecule has 0 aliphatic rings. The third-order valence-corrected chi connectivity index (χ3v) is 3.72. The van der Waals surface area contributed by atoms with Gasteiger partial charge >= 0.3 is 0 Å². The number of aryl methyl sites for hydroxylation is 2. The van der Waals surface area contributed by atoms with Gasteiger partial charge in [-0.3, -0.25) is 4.79 Å². The Kier molecular flexibility index (Phi) is 4.45. The van der Waals surface area contributed by atoms with Crippen LogP contribution in [0.2, 0.25) is 0 Å². The number of carbonyl (C=O) groups is 1. The van der Waals surface area contributed by atoms with E-state index in [1.807, 2.05) is 39.0 Å². The van der Waals surface area contributed by atoms with Gasteiger partial charge in [0.05, 0.1) is 0 Å². The summed E-state index contributed by atoms with van der Waals surface area (Å²) in [6, 6.07) is 9.41. The summed E-state index contributed by atoms with van der Waals surface area (Å²) in [5.74, 6) is 0.948. The predicted octanol–water partition coefficient (Wildman–Crippen LogP) is 4.86. The molecule has 2 rings (SSSR count). The lowest BCUT2D eigenvalue weighted by Crippen LogP contribution is -2.00. The zero-order valence-electron chi connectivity index (χ0n) is 11.7. The van der Waals surface area contributed by atoms with Crippen molar-refractivity contribution in [3.63, 3.8) is 0 Å². The van der Waals surface area contributed by atoms with Gasteiger partial charge in [0.2, 0.25) is 5.78 Å². The average molecular weight is 334 g/mol. The summed E-state index contributed by atoms with van der Waals surface area (Å²) in [7, 11) is 0. The number of benzene rings is 1. The van der Waals surface area contributed by atoms with E-state index in [4.69, 9.17) is 4.42 Å². The molecule has 104 valence electrons. The Hall–Kier alpha value is -1.81. The highest BCUT2D eigenvalue weighted by Crippen LogP contribution is 2.21. The van der Waals surface area contributed by atoms with E-state index in [0.717, 1.165) is 27.2 Å². The first kappa shape index (κ1) is 14.6. The van der Waals surface area contributed by atoms with Crippen molar-refractivity contribution in [3.05, 3.63) is 63.7 Å². The molecule has 0 radical (unpaired) electrons. The molecule has 20 heavy (non-hydrogen) atoms. The largest absolute Gasteiger partial charge is 0.458 e. The predicted molar refractivity (Wildman–Crippen MR) is 84.0 cm³/mol. The molecule has 0 bridgehead atoms. The average Bonchev–Trinajstić information content (AvgIpc) is 2.80. The summed E-state index contributed by atoms with van der Waals surface area (Å²) in [6.45, 7) is 5.69. The van der Waals surface area contributed by atoms with Crippen molar-refractivity contribution in [2.24, 2.45) is 0 Å². The van der Waals surface area contributed by atoms with Gasteiger partial charge in [0.25, 0.3) is 0 Å². The van der Waals surface area contributed by atoms with Crippen LogP contribution in [0.15, 0.2) is 51.0 Å². The van der Waals surface area contributed by atoms with Crippen LogP contribution in [0.5, 0.6) is 0 Å². The van der Waals surface area contributed by atoms with E-state index in [9.17, 15) is 4.79 Å². The monoisotopic (exact) mass is 333 g/mol. The molecule has 0 amide bonds. The van der Waals surface area contributed by atoms with Crippen molar-refractivity contribution in [2.45, 2.75) is 20.8 Å². The molecule has 0 spiro atoms. The number of hydrogen-bond acceptors (Lipinski definition) is 3. The number of halogens is 1. The maximum atomic E-state index is 12.0. The lowest BCUT2D eigenvalue weighted by atomic mass is 10.2. The molecular weight excluding hydrogens is 318 g/mol. The molecule has 0 saturated heterocycles. The molecule has 2 aromatic rings. The highest BCUT2D eigenvalue weighted by atomic mass is 79.9. The molecule has 1 N–H and O–H groups in total. The van der Waals surface area contributed by atoms with Crippen LogP contribution in [0.3, 0.4) is 0 Å². The fraction of sp³-hybridized carbons (Fsp3) is 0.188. The van der Waals surface area contributed by atoms with Gasteiger partial charge in [-0.2, -0.15) is 0 Å². The summed E-state index contributed by atoms with van der Waals surface area (Å²) >= 11 is 3.46. The van der Waals surface area contributed by atoms with Crippen molar-refractivity contribution in [3.8, 4) is 0 Å². The Bertz CT molecular complexity index is 671. The second kappa shape index (κ2) is 6.09. The zero-order chi connectivity index (χ0) is 14.7. The Morgan fingerprint density at radius 1 is 1.25 bits per heavy atom. The smallest absolute Gasteiger partial charge is 0.222 e. The first-order valence-corrected chi connectivity index (χ1v) is 7.07. The van der Waals surface area contributed by atoms with Crippen molar-refractivity contribution < 1.29 is 9.21 Å². The summed E-state index contributed by atoms with van der Waals surface area (Å²) in [5, 5.41) is 3.20. The third kappa shape index (κ3) is 3.61. The van der Waals surface area contributed by atoms with Crippen molar-refractivity contribution in [1.82, 2.24) is 0 Å². The van der Waals surface area contributed by atoms with Crippen LogP contribution in [-0.4, -0.2) is 5.78 Å². The molecule has 1 aromatic heterocycles. The van der Waals surface area contributed by atoms with E-state index in [0.29, 0.717) is 5.76 Å². The number of ketones is 1. The number of carbonyl (C=O) groups excluding carboxylic acids is 1. The van der Waals surface area contributed by atoms with Crippen LogP contribution >= 0.6 is 15.9 Å². The van der Waals surface area contributed by atoms with Crippen LogP contribution in [0.25, 0.3) is 0 Å². The molecule has 0 aliphatic carbocycles. The number of furan rings is 1. The molecule has 0 aliphatic heterocycles. The van der Waals surface area contributed by atoms with Gasteiger partial charge in [0.15, 0.2) is 5.76 Å². The topological polar surface area (TPSA) is 42.2 Å². The highest BCUT2D eigenvalue weighted by molar-refractivity contribution is 9.10. The van der Waals surface area contributed by atoms with E-state index in [1.165, 1.54) is 6.08 Å². The Labute approximate surface area is 126 Å². The van der Waals surface area contributed by atoms with E-state index in [-0.39, 0.29) is 5.78 Å². The number of allylic oxidation sites excluding steroid dienone is 2. The zero-order valence-corrected chi connectivity index (χ0v) is 13.2. The Morgan fingerprint density at radius 2 is 2.00 bits per heavy atom. The fourth-order valence-corrected chi connectivity index (χ4v) is 2.07. The molecular formula is C16H16BrNO2. The minimum Gasteiger partial charge on any atom is -0.458 e. The quantitative estimate of drug-likeness (QED) is 0.641. The number of nitrogens with one attached hydrogen (secondary N) is 1. The normalized spacial score (nSPS) is 11.5. The highest BCUT2D eigenvalue weighted by Gasteiger charge is 2.07. The maximum absolute atomic E-state index is 12.0. The Morgan fingerprint density at radius 3 is 2.60 bits per heavy atom. The first-order valence-electron chi connectivity index (χ1n) is 6.28. The number of hydrogen-bond donors (Lipinski definition) is 1. The second-order valence-corrected chi connectivity index (χ2v) is 5.55. The van der Waals surface area contributed by atoms with Gasteiger partial charge in [0, 0.05) is 21.9 Å². The number of anilines is 1. The SMILES string of the molecule is C/C(=C\C(=O)c1ccc(C)o1)Nc1ccc(Br)c(C)c1. The van der Waals surface area contributed by atoms with Gasteiger partial charge in [-0.05, 0) is 56.7 Å². The lowest BCUT2D eigenvalue weighted by molar-refractivity contribution is 0.102. The van der Waals surface area contributed by atoms with Crippen LogP contribution < -0.4 is 5.32 Å². The first-order chi connectivity index (χ1) is 9.45. The molecule has 0 saturated carbocycles. The van der Waals surface area contributed by atoms with Crippen LogP contribution in [0.4, 0.5) is 5.69 Å². The fourth-order valence-electron chi connectivity index (χ4n) is 1.82. The van der Waals surface area contributed by atoms with Gasteiger partial charge in [-0.25, -0.2) is 0 Å². The van der Waals surface area contributed by atoms with E-state index in [2.05, 4.69) is 21.2 Å². The van der Waals surface area contributed by atoms with E-state index in [1.54, 1.807) is 12.1 Å². The van der Waals surface area contributed by atoms with Crippen molar-refractivity contribution in [2.75, 3.05) is 5.32 Å². The third-order valence-electron chi connectivity index (χ3n) is 2.83. The van der Waals surface area contributed by atoms with E-state index < -0.39 is 0 Å². The molecule has 3 nitrogen and oxygen atoms in total. The van der Waals surface area contributed by atoms with Gasteiger partial charge in [0.1, 0.15) is 5.76 Å². The summed E-state index contributed by atoms with van der Waals surface area (Å²) < 4.78 is 6.36. The van der Waals surface area contributed by atoms with Crippen molar-refractivity contribution >= 4 is 27.4 Å². The summed E-state index contributed by atoms with van der Waals surface area (Å²) in [4.78, 5) is 12.0. The van der Waals surface area contributed by atoms with Crippen LogP contribution in [0, 0.1) is 13.8 Å². The maximum Gasteiger partial charge on any atom is 0.222 e. The second-order valence-electron chi connectivity index (χ2n) is 4.69. The van der Waals surface area contributed by atoms with Crippen LogP contribution in [0.1, 0.15) is 28.8 Å². The van der Waals surface area contributed by atoms with Crippen LogP contribution in [-0.2, 0) is 0 Å². The van der Waals surface area contributed by atoms with Gasteiger partial charge < -0.3 is 9.73 Å². The van der Waals surface area contributed by atoms with Gasteiger partial charge in [-0.15, -0.1) is 0 Å². The summed E-state index contributed by atoms with van der Waals surface area (Å²) in [5.41, 5.74) is 2.85. The van der Waals surface area contributed by atoms with Gasteiger partial charge in [-0.1, -0.05) is 15.9 Å². The van der Waals surface area contributed by atoms with Crippen molar-refractivity contribution in [1.29, 1.82) is 0 Å². The standard InChI is InChI=1S/C16H16BrNO2/c1-10-8-13(5-6-14(10)17)18-11(2)9-15(19)16-7-4-12(3)20-16/h4-9,18H,1-3H3/b11-9+. The minimum absolute atomic E-state index is 0.142. The summed E-state index contributed by atoms with van der Waals surface area (Å²) in [6.07, 6.45) is 1.54. The molecule has 0 fully saturated rings. The molecule has 1 heterocycles. The molecule has 0 unspecified atom stereocenters. The Balaban J connectivity index is 2.10. The minimum atomic E-state index is -0.142. The molecule has 4 heteroatoms.